The second kappa shape index (κ2) is 3.49. The molecule has 1 heterocycles. The van der Waals surface area contributed by atoms with Crippen molar-refractivity contribution >= 4 is 40.2 Å². The Kier molecular flexibility index (Phi) is 2.09. The first kappa shape index (κ1) is 10.2. The molecule has 7 N–H and O–H groups in total. The average Bonchev–Trinajstić information content (AvgIpc) is 2.34. The SMILES string of the molecule is Nc1cc2c(c(N)c1N)Nc1ccccc1S2. The molecule has 0 saturated carbocycles. The third-order valence-electron chi connectivity index (χ3n) is 2.77. The van der Waals surface area contributed by atoms with E-state index in [1.807, 2.05) is 24.3 Å². The lowest BCUT2D eigenvalue weighted by molar-refractivity contribution is 1.32. The van der Waals surface area contributed by atoms with Crippen LogP contribution in [-0.2, 0) is 0 Å². The molecule has 0 aromatic heterocycles. The topological polar surface area (TPSA) is 90.1 Å². The highest BCUT2D eigenvalue weighted by Crippen LogP contribution is 2.49. The molecule has 0 bridgehead atoms. The van der Waals surface area contributed by atoms with Gasteiger partial charge in [-0.1, -0.05) is 23.9 Å². The molecule has 17 heavy (non-hydrogen) atoms. The molecule has 1 aliphatic heterocycles. The van der Waals surface area contributed by atoms with Gasteiger partial charge in [0.25, 0.3) is 0 Å². The van der Waals surface area contributed by atoms with Crippen LogP contribution in [-0.4, -0.2) is 0 Å². The van der Waals surface area contributed by atoms with Gasteiger partial charge < -0.3 is 22.5 Å². The first-order chi connectivity index (χ1) is 8.16. The molecule has 2 aromatic carbocycles. The summed E-state index contributed by atoms with van der Waals surface area (Å²) in [6.45, 7) is 0. The number of benzene rings is 2. The van der Waals surface area contributed by atoms with Crippen LogP contribution in [0.4, 0.5) is 28.4 Å². The minimum absolute atomic E-state index is 0.441. The molecule has 0 saturated heterocycles. The summed E-state index contributed by atoms with van der Waals surface area (Å²) in [5, 5.41) is 3.30. The van der Waals surface area contributed by atoms with Gasteiger partial charge in [0, 0.05) is 9.79 Å². The van der Waals surface area contributed by atoms with E-state index in [2.05, 4.69) is 11.4 Å². The average molecular weight is 244 g/mol. The number of para-hydroxylation sites is 1. The lowest BCUT2D eigenvalue weighted by atomic mass is 10.2. The monoisotopic (exact) mass is 244 g/mol. The highest BCUT2D eigenvalue weighted by molar-refractivity contribution is 7.99. The van der Waals surface area contributed by atoms with Crippen molar-refractivity contribution in [3.8, 4) is 0 Å². The van der Waals surface area contributed by atoms with Crippen molar-refractivity contribution < 1.29 is 0 Å². The fraction of sp³-hybridized carbons (Fsp3) is 0. The largest absolute Gasteiger partial charge is 0.397 e. The van der Waals surface area contributed by atoms with Crippen molar-refractivity contribution in [3.63, 3.8) is 0 Å². The third kappa shape index (κ3) is 1.47. The molecule has 0 spiro atoms. The first-order valence-electron chi connectivity index (χ1n) is 5.18. The Morgan fingerprint density at radius 2 is 1.71 bits per heavy atom. The number of rotatable bonds is 0. The van der Waals surface area contributed by atoms with Crippen LogP contribution < -0.4 is 22.5 Å². The second-order valence-corrected chi connectivity index (χ2v) is 4.97. The number of nitrogens with two attached hydrogens (primary N) is 3. The Labute approximate surface area is 103 Å². The first-order valence-corrected chi connectivity index (χ1v) is 6.00. The summed E-state index contributed by atoms with van der Waals surface area (Å²) in [5.41, 5.74) is 21.0. The third-order valence-corrected chi connectivity index (χ3v) is 3.89. The van der Waals surface area contributed by atoms with Crippen molar-refractivity contribution in [1.82, 2.24) is 0 Å². The molecule has 0 atom stereocenters. The van der Waals surface area contributed by atoms with E-state index >= 15 is 0 Å². The maximum absolute atomic E-state index is 5.98. The molecule has 5 heteroatoms. The van der Waals surface area contributed by atoms with E-state index in [-0.39, 0.29) is 0 Å². The van der Waals surface area contributed by atoms with Crippen LogP contribution in [0.1, 0.15) is 0 Å². The maximum atomic E-state index is 5.98. The molecule has 0 radical (unpaired) electrons. The van der Waals surface area contributed by atoms with Crippen molar-refractivity contribution in [1.29, 1.82) is 0 Å². The highest BCUT2D eigenvalue weighted by Gasteiger charge is 2.19. The van der Waals surface area contributed by atoms with Crippen LogP contribution in [0.5, 0.6) is 0 Å². The molecule has 4 nitrogen and oxygen atoms in total. The molecule has 0 amide bonds. The summed E-state index contributed by atoms with van der Waals surface area (Å²) in [5.74, 6) is 0. The van der Waals surface area contributed by atoms with E-state index in [0.29, 0.717) is 17.1 Å². The minimum atomic E-state index is 0.441. The maximum Gasteiger partial charge on any atom is 0.0820 e. The standard InChI is InChI=1S/C12H12N4S/c13-6-5-9-12(11(15)10(6)14)16-7-3-1-2-4-8(7)17-9/h1-5,16H,13-15H2. The molecule has 1 aliphatic rings. The summed E-state index contributed by atoms with van der Waals surface area (Å²) in [7, 11) is 0. The van der Waals surface area contributed by atoms with Gasteiger partial charge in [0.05, 0.1) is 28.4 Å². The molecule has 3 rings (SSSR count). The molecular weight excluding hydrogens is 232 g/mol. The molecular formula is C12H12N4S. The van der Waals surface area contributed by atoms with Crippen LogP contribution in [0.2, 0.25) is 0 Å². The van der Waals surface area contributed by atoms with E-state index in [1.165, 1.54) is 0 Å². The molecule has 86 valence electrons. The van der Waals surface area contributed by atoms with Gasteiger partial charge in [-0.15, -0.1) is 0 Å². The van der Waals surface area contributed by atoms with E-state index in [0.717, 1.165) is 21.2 Å². The fourth-order valence-electron chi connectivity index (χ4n) is 1.84. The van der Waals surface area contributed by atoms with E-state index < -0.39 is 0 Å². The lowest BCUT2D eigenvalue weighted by Gasteiger charge is -2.23. The number of nitrogen functional groups attached to an aromatic ring is 3. The highest BCUT2D eigenvalue weighted by atomic mass is 32.2. The fourth-order valence-corrected chi connectivity index (χ4v) is 2.90. The van der Waals surface area contributed by atoms with Gasteiger partial charge in [0.2, 0.25) is 0 Å². The molecule has 0 fully saturated rings. The number of anilines is 5. The van der Waals surface area contributed by atoms with E-state index in [4.69, 9.17) is 17.2 Å². The Balaban J connectivity index is 2.18. The Morgan fingerprint density at radius 1 is 0.941 bits per heavy atom. The van der Waals surface area contributed by atoms with Gasteiger partial charge in [-0.25, -0.2) is 0 Å². The predicted octanol–water partition coefficient (Wildman–Crippen LogP) is 2.64. The zero-order chi connectivity index (χ0) is 12.0. The van der Waals surface area contributed by atoms with E-state index in [1.54, 1.807) is 11.8 Å². The summed E-state index contributed by atoms with van der Waals surface area (Å²) >= 11 is 1.64. The quantitative estimate of drug-likeness (QED) is 0.456. The summed E-state index contributed by atoms with van der Waals surface area (Å²) < 4.78 is 0. The predicted molar refractivity (Wildman–Crippen MR) is 73.5 cm³/mol. The van der Waals surface area contributed by atoms with Crippen LogP contribution in [0, 0.1) is 0 Å². The molecule has 0 aliphatic carbocycles. The summed E-state index contributed by atoms with van der Waals surface area (Å²) in [4.78, 5) is 2.16. The zero-order valence-corrected chi connectivity index (χ0v) is 9.84. The number of hydrogen-bond donors (Lipinski definition) is 4. The number of fused-ring (bicyclic) bond motifs is 2. The normalized spacial score (nSPS) is 12.5. The van der Waals surface area contributed by atoms with Crippen LogP contribution >= 0.6 is 11.8 Å². The number of hydrogen-bond acceptors (Lipinski definition) is 5. The Morgan fingerprint density at radius 3 is 2.53 bits per heavy atom. The van der Waals surface area contributed by atoms with Crippen LogP contribution in [0.3, 0.4) is 0 Å². The molecule has 2 aromatic rings. The Hall–Kier alpha value is -2.01. The summed E-state index contributed by atoms with van der Waals surface area (Å²) in [6, 6.07) is 9.90. The zero-order valence-electron chi connectivity index (χ0n) is 9.03. The smallest absolute Gasteiger partial charge is 0.0820 e. The van der Waals surface area contributed by atoms with Gasteiger partial charge in [-0.3, -0.25) is 0 Å². The molecule has 0 unspecified atom stereocenters. The van der Waals surface area contributed by atoms with Crippen molar-refractivity contribution in [2.45, 2.75) is 9.79 Å². The second-order valence-electron chi connectivity index (χ2n) is 3.89. The summed E-state index contributed by atoms with van der Waals surface area (Å²) in [6.07, 6.45) is 0. The van der Waals surface area contributed by atoms with Crippen molar-refractivity contribution in [2.75, 3.05) is 22.5 Å². The van der Waals surface area contributed by atoms with Gasteiger partial charge in [0.15, 0.2) is 0 Å². The van der Waals surface area contributed by atoms with Gasteiger partial charge in [0.1, 0.15) is 0 Å². The number of nitrogens with one attached hydrogen (secondary N) is 1. The van der Waals surface area contributed by atoms with E-state index in [9.17, 15) is 0 Å². The van der Waals surface area contributed by atoms with Crippen molar-refractivity contribution in [3.05, 3.63) is 30.3 Å². The van der Waals surface area contributed by atoms with Crippen LogP contribution in [0.25, 0.3) is 0 Å². The van der Waals surface area contributed by atoms with Crippen LogP contribution in [0.15, 0.2) is 40.1 Å². The van der Waals surface area contributed by atoms with Gasteiger partial charge in [-0.05, 0) is 18.2 Å². The van der Waals surface area contributed by atoms with Crippen molar-refractivity contribution in [2.24, 2.45) is 0 Å². The lowest BCUT2D eigenvalue weighted by Crippen LogP contribution is -2.08. The van der Waals surface area contributed by atoms with Gasteiger partial charge in [-0.2, -0.15) is 0 Å². The van der Waals surface area contributed by atoms with Gasteiger partial charge >= 0.3 is 0 Å². The Bertz CT molecular complexity index is 610. The minimum Gasteiger partial charge on any atom is -0.397 e.